The van der Waals surface area contributed by atoms with Crippen LogP contribution in [-0.2, 0) is 0 Å². The van der Waals surface area contributed by atoms with E-state index in [9.17, 15) is 0 Å². The maximum atomic E-state index is 5.83. The molecule has 9 heteroatoms. The van der Waals surface area contributed by atoms with E-state index in [2.05, 4.69) is 30.2 Å². The van der Waals surface area contributed by atoms with Crippen LogP contribution in [0.1, 0.15) is 23.7 Å². The highest BCUT2D eigenvalue weighted by atomic mass is 32.2. The summed E-state index contributed by atoms with van der Waals surface area (Å²) in [5, 5.41) is 3.57. The number of para-hydroxylation sites is 1. The highest BCUT2D eigenvalue weighted by molar-refractivity contribution is 7.99. The number of anilines is 4. The molecule has 128 valence electrons. The van der Waals surface area contributed by atoms with Crippen LogP contribution in [0.4, 0.5) is 23.4 Å². The fourth-order valence-electron chi connectivity index (χ4n) is 2.13. The van der Waals surface area contributed by atoms with E-state index in [1.54, 1.807) is 6.07 Å². The summed E-state index contributed by atoms with van der Waals surface area (Å²) in [6, 6.07) is 11.3. The maximum absolute atomic E-state index is 5.83. The zero-order valence-electron chi connectivity index (χ0n) is 13.8. The van der Waals surface area contributed by atoms with Crippen molar-refractivity contribution in [2.24, 2.45) is 0 Å². The van der Waals surface area contributed by atoms with E-state index < -0.39 is 0 Å². The zero-order chi connectivity index (χ0) is 17.8. The minimum absolute atomic E-state index is 0.122. The van der Waals surface area contributed by atoms with Crippen molar-refractivity contribution in [3.8, 4) is 0 Å². The minimum atomic E-state index is -0.122. The van der Waals surface area contributed by atoms with E-state index in [0.717, 1.165) is 11.4 Å². The van der Waals surface area contributed by atoms with Crippen molar-refractivity contribution >= 4 is 35.2 Å². The molecule has 3 aromatic rings. The van der Waals surface area contributed by atoms with Crippen LogP contribution in [0.3, 0.4) is 0 Å². The SMILES string of the molecule is Cc1cc(N)nc(SC(C)c2nc(N)nc(Nc3ccccc3)n2)n1. The molecule has 0 saturated heterocycles. The van der Waals surface area contributed by atoms with Gasteiger partial charge in [-0.1, -0.05) is 30.0 Å². The molecule has 5 N–H and O–H groups in total. The summed E-state index contributed by atoms with van der Waals surface area (Å²) < 4.78 is 0. The third kappa shape index (κ3) is 4.54. The van der Waals surface area contributed by atoms with E-state index >= 15 is 0 Å². The Morgan fingerprint density at radius 3 is 2.48 bits per heavy atom. The van der Waals surface area contributed by atoms with Crippen molar-refractivity contribution in [1.29, 1.82) is 0 Å². The number of hydrogen-bond donors (Lipinski definition) is 3. The number of nitrogens with one attached hydrogen (secondary N) is 1. The van der Waals surface area contributed by atoms with Gasteiger partial charge in [-0.15, -0.1) is 0 Å². The first-order valence-electron chi connectivity index (χ1n) is 7.61. The molecular weight excluding hydrogens is 336 g/mol. The molecule has 1 aromatic carbocycles. The number of hydrogen-bond acceptors (Lipinski definition) is 9. The molecule has 0 bridgehead atoms. The number of nitrogens with two attached hydrogens (primary N) is 2. The number of aromatic nitrogens is 5. The monoisotopic (exact) mass is 354 g/mol. The number of benzene rings is 1. The highest BCUT2D eigenvalue weighted by Crippen LogP contribution is 2.32. The standard InChI is InChI=1S/C16H18N8S/c1-9-8-12(17)21-16(19-9)25-10(2)13-22-14(18)24-15(23-13)20-11-6-4-3-5-7-11/h3-8,10H,1-2H3,(H2,17,19,21)(H3,18,20,22,23,24). The first kappa shape index (κ1) is 16.9. The van der Waals surface area contributed by atoms with Crippen LogP contribution in [-0.4, -0.2) is 24.9 Å². The summed E-state index contributed by atoms with van der Waals surface area (Å²) in [5.74, 6) is 1.52. The van der Waals surface area contributed by atoms with Crippen molar-refractivity contribution in [2.45, 2.75) is 24.3 Å². The van der Waals surface area contributed by atoms with E-state index in [1.807, 2.05) is 44.2 Å². The Balaban J connectivity index is 1.81. The van der Waals surface area contributed by atoms with Gasteiger partial charge >= 0.3 is 0 Å². The molecule has 1 atom stereocenters. The lowest BCUT2D eigenvalue weighted by atomic mass is 10.3. The van der Waals surface area contributed by atoms with Gasteiger partial charge < -0.3 is 16.8 Å². The number of nitrogens with zero attached hydrogens (tertiary/aromatic N) is 5. The van der Waals surface area contributed by atoms with Gasteiger partial charge in [0.2, 0.25) is 11.9 Å². The summed E-state index contributed by atoms with van der Waals surface area (Å²) in [4.78, 5) is 21.4. The van der Waals surface area contributed by atoms with Gasteiger partial charge in [-0.3, -0.25) is 0 Å². The van der Waals surface area contributed by atoms with E-state index in [-0.39, 0.29) is 11.2 Å². The van der Waals surface area contributed by atoms with Crippen LogP contribution in [0.2, 0.25) is 0 Å². The molecule has 0 fully saturated rings. The van der Waals surface area contributed by atoms with Crippen LogP contribution in [0.25, 0.3) is 0 Å². The maximum Gasteiger partial charge on any atom is 0.232 e. The minimum Gasteiger partial charge on any atom is -0.384 e. The van der Waals surface area contributed by atoms with E-state index in [0.29, 0.717) is 22.7 Å². The van der Waals surface area contributed by atoms with Crippen molar-refractivity contribution in [3.05, 3.63) is 47.9 Å². The molecule has 2 heterocycles. The fourth-order valence-corrected chi connectivity index (χ4v) is 3.01. The predicted molar refractivity (Wildman–Crippen MR) is 99.4 cm³/mol. The van der Waals surface area contributed by atoms with Gasteiger partial charge in [0.05, 0.1) is 5.25 Å². The average molecular weight is 354 g/mol. The van der Waals surface area contributed by atoms with Crippen molar-refractivity contribution in [1.82, 2.24) is 24.9 Å². The lowest BCUT2D eigenvalue weighted by molar-refractivity contribution is 0.878. The quantitative estimate of drug-likeness (QED) is 0.468. The Kier molecular flexibility index (Phi) is 4.94. The van der Waals surface area contributed by atoms with E-state index in [4.69, 9.17) is 11.5 Å². The second-order valence-electron chi connectivity index (χ2n) is 5.34. The molecule has 3 rings (SSSR count). The van der Waals surface area contributed by atoms with Crippen LogP contribution in [0, 0.1) is 6.92 Å². The fraction of sp³-hybridized carbons (Fsp3) is 0.188. The van der Waals surface area contributed by atoms with Crippen molar-refractivity contribution in [2.75, 3.05) is 16.8 Å². The van der Waals surface area contributed by atoms with Gasteiger partial charge in [-0.05, 0) is 26.0 Å². The third-order valence-electron chi connectivity index (χ3n) is 3.20. The van der Waals surface area contributed by atoms with Gasteiger partial charge in [0.25, 0.3) is 0 Å². The molecule has 0 saturated carbocycles. The second-order valence-corrected chi connectivity index (χ2v) is 6.65. The summed E-state index contributed by atoms with van der Waals surface area (Å²) >= 11 is 1.41. The number of aryl methyl sites for hydroxylation is 1. The van der Waals surface area contributed by atoms with Gasteiger partial charge in [0, 0.05) is 17.4 Å². The molecule has 8 nitrogen and oxygen atoms in total. The lowest BCUT2D eigenvalue weighted by Crippen LogP contribution is -2.08. The third-order valence-corrected chi connectivity index (χ3v) is 4.16. The summed E-state index contributed by atoms with van der Waals surface area (Å²) in [6.45, 7) is 3.82. The molecule has 0 radical (unpaired) electrons. The molecule has 0 aliphatic rings. The van der Waals surface area contributed by atoms with Crippen molar-refractivity contribution in [3.63, 3.8) is 0 Å². The number of thioether (sulfide) groups is 1. The number of nitrogen functional groups attached to an aromatic ring is 2. The molecule has 0 amide bonds. The number of rotatable bonds is 5. The predicted octanol–water partition coefficient (Wildman–Crippen LogP) is 2.73. The zero-order valence-corrected chi connectivity index (χ0v) is 14.7. The molecule has 0 spiro atoms. The smallest absolute Gasteiger partial charge is 0.232 e. The average Bonchev–Trinajstić information content (AvgIpc) is 2.54. The topological polar surface area (TPSA) is 129 Å². The molecule has 0 aliphatic heterocycles. The Morgan fingerprint density at radius 1 is 1.00 bits per heavy atom. The molecule has 2 aromatic heterocycles. The van der Waals surface area contributed by atoms with Gasteiger partial charge in [0.15, 0.2) is 5.16 Å². The highest BCUT2D eigenvalue weighted by Gasteiger charge is 2.16. The van der Waals surface area contributed by atoms with E-state index in [1.165, 1.54) is 11.8 Å². The largest absolute Gasteiger partial charge is 0.384 e. The second kappa shape index (κ2) is 7.31. The van der Waals surface area contributed by atoms with Crippen LogP contribution < -0.4 is 16.8 Å². The summed E-state index contributed by atoms with van der Waals surface area (Å²) in [6.07, 6.45) is 0. The Labute approximate surface area is 149 Å². The lowest BCUT2D eigenvalue weighted by Gasteiger charge is -2.12. The van der Waals surface area contributed by atoms with Crippen LogP contribution in [0.5, 0.6) is 0 Å². The van der Waals surface area contributed by atoms with Gasteiger partial charge in [-0.25, -0.2) is 9.97 Å². The normalized spacial score (nSPS) is 11.9. The Bertz CT molecular complexity index is 851. The Hall–Kier alpha value is -2.94. The molecule has 25 heavy (non-hydrogen) atoms. The molecule has 1 unspecified atom stereocenters. The Morgan fingerprint density at radius 2 is 1.76 bits per heavy atom. The van der Waals surface area contributed by atoms with Gasteiger partial charge in [0.1, 0.15) is 11.6 Å². The van der Waals surface area contributed by atoms with Gasteiger partial charge in [-0.2, -0.15) is 15.0 Å². The molecular formula is C16H18N8S. The first-order valence-corrected chi connectivity index (χ1v) is 8.49. The van der Waals surface area contributed by atoms with Crippen LogP contribution >= 0.6 is 11.8 Å². The van der Waals surface area contributed by atoms with Crippen molar-refractivity contribution < 1.29 is 0 Å². The molecule has 0 aliphatic carbocycles. The van der Waals surface area contributed by atoms with Crippen LogP contribution in [0.15, 0.2) is 41.6 Å². The summed E-state index contributed by atoms with van der Waals surface area (Å²) in [7, 11) is 0. The summed E-state index contributed by atoms with van der Waals surface area (Å²) in [5.41, 5.74) is 13.3. The first-order chi connectivity index (χ1) is 12.0.